The Kier molecular flexibility index (Phi) is 7.26. The van der Waals surface area contributed by atoms with Crippen molar-refractivity contribution in [3.63, 3.8) is 0 Å². The zero-order chi connectivity index (χ0) is 19.9. The van der Waals surface area contributed by atoms with E-state index in [9.17, 15) is 9.59 Å². The second-order valence-corrected chi connectivity index (χ2v) is 7.72. The summed E-state index contributed by atoms with van der Waals surface area (Å²) < 4.78 is 5.44. The molecule has 1 aromatic rings. The van der Waals surface area contributed by atoms with Crippen LogP contribution in [0.25, 0.3) is 5.57 Å². The smallest absolute Gasteiger partial charge is 0.277 e. The molecule has 0 unspecified atom stereocenters. The maximum absolute atomic E-state index is 13.2. The summed E-state index contributed by atoms with van der Waals surface area (Å²) in [6.07, 6.45) is 6.79. The summed E-state index contributed by atoms with van der Waals surface area (Å²) in [7, 11) is 0. The number of hydrogen-bond acceptors (Lipinski definition) is 4. The van der Waals surface area contributed by atoms with E-state index in [1.807, 2.05) is 36.1 Å². The molecule has 5 heteroatoms. The van der Waals surface area contributed by atoms with Crippen LogP contribution in [0, 0.1) is 6.92 Å². The molecule has 2 heterocycles. The summed E-state index contributed by atoms with van der Waals surface area (Å²) in [6.45, 7) is 7.20. The Morgan fingerprint density at radius 1 is 0.893 bits per heavy atom. The molecule has 3 rings (SSSR count). The molecular weight excluding hydrogens is 352 g/mol. The Morgan fingerprint density at radius 3 is 2.21 bits per heavy atom. The first-order valence-corrected chi connectivity index (χ1v) is 10.6. The van der Waals surface area contributed by atoms with Crippen LogP contribution in [0.2, 0.25) is 0 Å². The van der Waals surface area contributed by atoms with Crippen molar-refractivity contribution >= 4 is 17.4 Å². The number of aryl methyl sites for hydroxylation is 1. The third kappa shape index (κ3) is 4.64. The van der Waals surface area contributed by atoms with Gasteiger partial charge in [0.1, 0.15) is 5.70 Å². The Balaban J connectivity index is 1.77. The van der Waals surface area contributed by atoms with Crippen LogP contribution in [0.15, 0.2) is 30.0 Å². The first-order valence-electron chi connectivity index (χ1n) is 10.6. The van der Waals surface area contributed by atoms with Crippen molar-refractivity contribution in [3.8, 4) is 0 Å². The fourth-order valence-electron chi connectivity index (χ4n) is 3.88. The lowest BCUT2D eigenvalue weighted by molar-refractivity contribution is -0.137. The van der Waals surface area contributed by atoms with E-state index >= 15 is 0 Å². The molecule has 0 atom stereocenters. The van der Waals surface area contributed by atoms with Gasteiger partial charge in [0.05, 0.1) is 18.8 Å². The number of ether oxygens (including phenoxy) is 1. The van der Waals surface area contributed by atoms with E-state index in [0.29, 0.717) is 44.1 Å². The number of carbonyl (C=O) groups is 2. The Hall–Kier alpha value is -2.14. The van der Waals surface area contributed by atoms with Gasteiger partial charge in [-0.15, -0.1) is 0 Å². The second-order valence-electron chi connectivity index (χ2n) is 7.72. The molecule has 5 nitrogen and oxygen atoms in total. The minimum Gasteiger partial charge on any atom is -0.378 e. The van der Waals surface area contributed by atoms with E-state index in [1.54, 1.807) is 0 Å². The number of benzene rings is 1. The summed E-state index contributed by atoms with van der Waals surface area (Å²) in [5.74, 6) is -0.292. The molecule has 1 aromatic carbocycles. The number of amides is 2. The van der Waals surface area contributed by atoms with Crippen molar-refractivity contribution in [2.75, 3.05) is 32.8 Å². The molecule has 2 amide bonds. The van der Waals surface area contributed by atoms with Crippen LogP contribution in [-0.4, -0.2) is 54.5 Å². The lowest BCUT2D eigenvalue weighted by atomic mass is 10.0. The van der Waals surface area contributed by atoms with E-state index in [2.05, 4.69) is 6.92 Å². The van der Waals surface area contributed by atoms with E-state index in [-0.39, 0.29) is 11.8 Å². The second kappa shape index (κ2) is 9.87. The lowest BCUT2D eigenvalue weighted by Gasteiger charge is -2.29. The Morgan fingerprint density at radius 2 is 1.54 bits per heavy atom. The van der Waals surface area contributed by atoms with Gasteiger partial charge in [-0.05, 0) is 18.9 Å². The Bertz CT molecular complexity index is 718. The summed E-state index contributed by atoms with van der Waals surface area (Å²) in [4.78, 5) is 29.9. The van der Waals surface area contributed by atoms with Gasteiger partial charge < -0.3 is 9.64 Å². The van der Waals surface area contributed by atoms with Gasteiger partial charge in [0.15, 0.2) is 0 Å². The molecule has 0 aliphatic carbocycles. The quantitative estimate of drug-likeness (QED) is 0.480. The predicted octanol–water partition coefficient (Wildman–Crippen LogP) is 3.77. The SMILES string of the molecule is CCCCCCCCN1C(=O)C(c2ccc(C)cc2)=C(N2CCOCC2)C1=O. The van der Waals surface area contributed by atoms with Gasteiger partial charge >= 0.3 is 0 Å². The molecule has 28 heavy (non-hydrogen) atoms. The van der Waals surface area contributed by atoms with E-state index < -0.39 is 0 Å². The fourth-order valence-corrected chi connectivity index (χ4v) is 3.88. The molecule has 152 valence electrons. The van der Waals surface area contributed by atoms with Gasteiger partial charge in [-0.3, -0.25) is 14.5 Å². The van der Waals surface area contributed by atoms with E-state index in [1.165, 1.54) is 30.6 Å². The molecule has 2 aliphatic heterocycles. The van der Waals surface area contributed by atoms with Gasteiger partial charge in [-0.25, -0.2) is 0 Å². The van der Waals surface area contributed by atoms with Crippen molar-refractivity contribution in [1.29, 1.82) is 0 Å². The van der Waals surface area contributed by atoms with Crippen LogP contribution in [0.1, 0.15) is 56.6 Å². The molecular formula is C23H32N2O3. The van der Waals surface area contributed by atoms with Gasteiger partial charge in [0.25, 0.3) is 11.8 Å². The lowest BCUT2D eigenvalue weighted by Crippen LogP contribution is -2.40. The molecule has 0 saturated carbocycles. The number of carbonyl (C=O) groups excluding carboxylic acids is 2. The molecule has 0 aromatic heterocycles. The summed E-state index contributed by atoms with van der Waals surface area (Å²) in [6, 6.07) is 7.88. The molecule has 0 radical (unpaired) electrons. The summed E-state index contributed by atoms with van der Waals surface area (Å²) in [5, 5.41) is 0. The third-order valence-corrected chi connectivity index (χ3v) is 5.55. The summed E-state index contributed by atoms with van der Waals surface area (Å²) in [5.41, 5.74) is 3.08. The van der Waals surface area contributed by atoms with Crippen LogP contribution in [0.3, 0.4) is 0 Å². The monoisotopic (exact) mass is 384 g/mol. The number of unbranched alkanes of at least 4 members (excludes halogenated alkanes) is 5. The average Bonchev–Trinajstić information content (AvgIpc) is 2.96. The summed E-state index contributed by atoms with van der Waals surface area (Å²) >= 11 is 0. The standard InChI is InChI=1S/C23H32N2O3/c1-3-4-5-6-7-8-13-25-22(26)20(19-11-9-18(2)10-12-19)21(23(25)27)24-14-16-28-17-15-24/h9-12H,3-8,13-17H2,1-2H3. The topological polar surface area (TPSA) is 49.9 Å². The molecule has 2 aliphatic rings. The largest absolute Gasteiger partial charge is 0.378 e. The molecule has 0 spiro atoms. The number of hydrogen-bond donors (Lipinski definition) is 0. The van der Waals surface area contributed by atoms with Crippen molar-refractivity contribution < 1.29 is 14.3 Å². The highest BCUT2D eigenvalue weighted by Crippen LogP contribution is 2.32. The van der Waals surface area contributed by atoms with Crippen LogP contribution >= 0.6 is 0 Å². The highest BCUT2D eigenvalue weighted by Gasteiger charge is 2.41. The van der Waals surface area contributed by atoms with Gasteiger partial charge in [-0.1, -0.05) is 68.9 Å². The molecule has 1 fully saturated rings. The van der Waals surface area contributed by atoms with Crippen LogP contribution < -0.4 is 0 Å². The maximum Gasteiger partial charge on any atom is 0.277 e. The van der Waals surface area contributed by atoms with E-state index in [0.717, 1.165) is 24.0 Å². The average molecular weight is 385 g/mol. The number of imide groups is 1. The zero-order valence-corrected chi connectivity index (χ0v) is 17.2. The third-order valence-electron chi connectivity index (χ3n) is 5.55. The van der Waals surface area contributed by atoms with Crippen LogP contribution in [0.5, 0.6) is 0 Å². The number of morpholine rings is 1. The maximum atomic E-state index is 13.2. The normalized spacial score (nSPS) is 17.8. The number of nitrogens with zero attached hydrogens (tertiary/aromatic N) is 2. The molecule has 1 saturated heterocycles. The van der Waals surface area contributed by atoms with Gasteiger partial charge in [-0.2, -0.15) is 0 Å². The first-order chi connectivity index (χ1) is 13.6. The number of rotatable bonds is 9. The first kappa shape index (κ1) is 20.6. The zero-order valence-electron chi connectivity index (χ0n) is 17.2. The predicted molar refractivity (Wildman–Crippen MR) is 111 cm³/mol. The van der Waals surface area contributed by atoms with Crippen molar-refractivity contribution in [2.45, 2.75) is 52.4 Å². The molecule has 0 bridgehead atoms. The van der Waals surface area contributed by atoms with Crippen molar-refractivity contribution in [2.24, 2.45) is 0 Å². The van der Waals surface area contributed by atoms with Gasteiger partial charge in [0, 0.05) is 19.6 Å². The molecule has 0 N–H and O–H groups in total. The van der Waals surface area contributed by atoms with Gasteiger partial charge in [0.2, 0.25) is 0 Å². The minimum atomic E-state index is -0.149. The van der Waals surface area contributed by atoms with Crippen LogP contribution in [-0.2, 0) is 14.3 Å². The van der Waals surface area contributed by atoms with Crippen molar-refractivity contribution in [1.82, 2.24) is 9.80 Å². The highest BCUT2D eigenvalue weighted by molar-refractivity contribution is 6.35. The minimum absolute atomic E-state index is 0.143. The fraction of sp³-hybridized carbons (Fsp3) is 0.565. The van der Waals surface area contributed by atoms with E-state index in [4.69, 9.17) is 4.74 Å². The Labute approximate surface area is 168 Å². The van der Waals surface area contributed by atoms with Crippen LogP contribution in [0.4, 0.5) is 0 Å². The van der Waals surface area contributed by atoms with Crippen molar-refractivity contribution in [3.05, 3.63) is 41.1 Å². The highest BCUT2D eigenvalue weighted by atomic mass is 16.5.